The molecule has 1 heterocycles. The third kappa shape index (κ3) is 3.51. The second-order valence-electron chi connectivity index (χ2n) is 5.96. The molecule has 3 rings (SSSR count). The minimum atomic E-state index is 0.0420. The molecule has 0 aromatic heterocycles. The molecule has 2 aromatic carbocycles. The number of benzene rings is 2. The molecular weight excluding hydrogens is 302 g/mol. The molecular formula is C19H23N3O2. The van der Waals surface area contributed by atoms with Crippen LogP contribution in [0, 0.1) is 0 Å². The first-order chi connectivity index (χ1) is 11.7. The van der Waals surface area contributed by atoms with Gasteiger partial charge in [-0.25, -0.2) is 0 Å². The number of carbonyl (C=O) groups is 1. The lowest BCUT2D eigenvalue weighted by Gasteiger charge is -2.25. The normalized spacial score (nSPS) is 16.7. The Morgan fingerprint density at radius 1 is 1.21 bits per heavy atom. The van der Waals surface area contributed by atoms with E-state index < -0.39 is 0 Å². The Labute approximate surface area is 142 Å². The number of amides is 1. The summed E-state index contributed by atoms with van der Waals surface area (Å²) < 4.78 is 5.18. The van der Waals surface area contributed by atoms with Crippen LogP contribution >= 0.6 is 0 Å². The number of methoxy groups -OCH3 is 1. The molecule has 0 bridgehead atoms. The Morgan fingerprint density at radius 2 is 1.96 bits per heavy atom. The van der Waals surface area contributed by atoms with Crippen LogP contribution in [-0.4, -0.2) is 44.1 Å². The summed E-state index contributed by atoms with van der Waals surface area (Å²) in [4.78, 5) is 14.7. The van der Waals surface area contributed by atoms with Crippen molar-refractivity contribution in [1.82, 2.24) is 10.2 Å². The van der Waals surface area contributed by atoms with Gasteiger partial charge in [-0.1, -0.05) is 12.1 Å². The number of rotatable bonds is 5. The van der Waals surface area contributed by atoms with Crippen molar-refractivity contribution in [1.29, 1.82) is 0 Å². The van der Waals surface area contributed by atoms with Gasteiger partial charge >= 0.3 is 0 Å². The van der Waals surface area contributed by atoms with Crippen LogP contribution < -0.4 is 15.4 Å². The molecule has 5 nitrogen and oxygen atoms in total. The van der Waals surface area contributed by atoms with Crippen LogP contribution in [0.25, 0.3) is 0 Å². The van der Waals surface area contributed by atoms with Crippen LogP contribution in [0.5, 0.6) is 5.75 Å². The van der Waals surface area contributed by atoms with Crippen LogP contribution in [-0.2, 0) is 0 Å². The van der Waals surface area contributed by atoms with E-state index in [9.17, 15) is 4.79 Å². The molecule has 0 unspecified atom stereocenters. The SMILES string of the molecule is COc1ccc(Nc2ccccc2C(=O)N(C)[C@H]2CCNC2)cc1. The highest BCUT2D eigenvalue weighted by Gasteiger charge is 2.25. The quantitative estimate of drug-likeness (QED) is 0.887. The second-order valence-corrected chi connectivity index (χ2v) is 5.96. The molecule has 0 aliphatic carbocycles. The predicted molar refractivity (Wildman–Crippen MR) is 96.1 cm³/mol. The van der Waals surface area contributed by atoms with Crippen LogP contribution in [0.4, 0.5) is 11.4 Å². The molecule has 1 atom stereocenters. The van der Waals surface area contributed by atoms with Crippen LogP contribution in [0.2, 0.25) is 0 Å². The summed E-state index contributed by atoms with van der Waals surface area (Å²) in [6, 6.07) is 15.5. The fraction of sp³-hybridized carbons (Fsp3) is 0.316. The largest absolute Gasteiger partial charge is 0.497 e. The zero-order chi connectivity index (χ0) is 16.9. The smallest absolute Gasteiger partial charge is 0.255 e. The van der Waals surface area contributed by atoms with Crippen molar-refractivity contribution < 1.29 is 9.53 Å². The van der Waals surface area contributed by atoms with Crippen molar-refractivity contribution in [3.05, 3.63) is 54.1 Å². The molecule has 2 aromatic rings. The lowest BCUT2D eigenvalue weighted by atomic mass is 10.1. The van der Waals surface area contributed by atoms with Gasteiger partial charge in [-0.15, -0.1) is 0 Å². The first-order valence-corrected chi connectivity index (χ1v) is 8.17. The maximum absolute atomic E-state index is 12.9. The van der Waals surface area contributed by atoms with Gasteiger partial charge < -0.3 is 20.3 Å². The number of likely N-dealkylation sites (N-methyl/N-ethyl adjacent to an activating group) is 1. The first kappa shape index (κ1) is 16.3. The Morgan fingerprint density at radius 3 is 2.62 bits per heavy atom. The van der Waals surface area contributed by atoms with Gasteiger partial charge in [0.2, 0.25) is 0 Å². The number of hydrogen-bond acceptors (Lipinski definition) is 4. The Hall–Kier alpha value is -2.53. The van der Waals surface area contributed by atoms with Gasteiger partial charge in [-0.05, 0) is 49.4 Å². The highest BCUT2D eigenvalue weighted by Crippen LogP contribution is 2.24. The second kappa shape index (κ2) is 7.36. The predicted octanol–water partition coefficient (Wildman–Crippen LogP) is 2.87. The lowest BCUT2D eigenvalue weighted by molar-refractivity contribution is 0.0745. The van der Waals surface area contributed by atoms with Crippen LogP contribution in [0.3, 0.4) is 0 Å². The van der Waals surface area contributed by atoms with Gasteiger partial charge in [0.05, 0.1) is 18.4 Å². The van der Waals surface area contributed by atoms with E-state index >= 15 is 0 Å². The maximum atomic E-state index is 12.9. The molecule has 1 saturated heterocycles. The van der Waals surface area contributed by atoms with E-state index in [0.717, 1.165) is 36.6 Å². The average Bonchev–Trinajstić information content (AvgIpc) is 3.16. The molecule has 1 aliphatic rings. The summed E-state index contributed by atoms with van der Waals surface area (Å²) in [7, 11) is 3.52. The van der Waals surface area contributed by atoms with E-state index in [2.05, 4.69) is 10.6 Å². The first-order valence-electron chi connectivity index (χ1n) is 8.17. The van der Waals surface area contributed by atoms with Crippen molar-refractivity contribution in [2.24, 2.45) is 0 Å². The van der Waals surface area contributed by atoms with E-state index in [1.807, 2.05) is 60.5 Å². The number of hydrogen-bond donors (Lipinski definition) is 2. The molecule has 24 heavy (non-hydrogen) atoms. The van der Waals surface area contributed by atoms with E-state index in [1.165, 1.54) is 0 Å². The summed E-state index contributed by atoms with van der Waals surface area (Å²) >= 11 is 0. The number of ether oxygens (including phenoxy) is 1. The Bertz CT molecular complexity index is 694. The van der Waals surface area contributed by atoms with Gasteiger partial charge in [-0.2, -0.15) is 0 Å². The van der Waals surface area contributed by atoms with Crippen molar-refractivity contribution in [2.75, 3.05) is 32.6 Å². The van der Waals surface area contributed by atoms with E-state index in [1.54, 1.807) is 7.11 Å². The molecule has 126 valence electrons. The zero-order valence-electron chi connectivity index (χ0n) is 14.1. The summed E-state index contributed by atoms with van der Waals surface area (Å²) in [6.45, 7) is 1.82. The molecule has 0 spiro atoms. The third-order valence-corrected chi connectivity index (χ3v) is 4.43. The molecule has 0 saturated carbocycles. The summed E-state index contributed by atoms with van der Waals surface area (Å²) in [5.41, 5.74) is 2.41. The highest BCUT2D eigenvalue weighted by atomic mass is 16.5. The number of anilines is 2. The maximum Gasteiger partial charge on any atom is 0.255 e. The van der Waals surface area contributed by atoms with Crippen molar-refractivity contribution in [2.45, 2.75) is 12.5 Å². The van der Waals surface area contributed by atoms with Gasteiger partial charge in [0.1, 0.15) is 5.75 Å². The molecule has 1 aliphatic heterocycles. The van der Waals surface area contributed by atoms with Crippen LogP contribution in [0.1, 0.15) is 16.8 Å². The van der Waals surface area contributed by atoms with Gasteiger partial charge in [0, 0.05) is 25.3 Å². The van der Waals surface area contributed by atoms with E-state index in [0.29, 0.717) is 5.56 Å². The van der Waals surface area contributed by atoms with E-state index in [-0.39, 0.29) is 11.9 Å². The number of nitrogens with zero attached hydrogens (tertiary/aromatic N) is 1. The highest BCUT2D eigenvalue weighted by molar-refractivity contribution is 6.00. The van der Waals surface area contributed by atoms with E-state index in [4.69, 9.17) is 4.74 Å². The van der Waals surface area contributed by atoms with Crippen LogP contribution in [0.15, 0.2) is 48.5 Å². The topological polar surface area (TPSA) is 53.6 Å². The number of para-hydroxylation sites is 1. The van der Waals surface area contributed by atoms with Crippen molar-refractivity contribution in [3.63, 3.8) is 0 Å². The Balaban J connectivity index is 1.80. The molecule has 0 radical (unpaired) electrons. The summed E-state index contributed by atoms with van der Waals surface area (Å²) in [5, 5.41) is 6.63. The van der Waals surface area contributed by atoms with Gasteiger partial charge in [-0.3, -0.25) is 4.79 Å². The summed E-state index contributed by atoms with van der Waals surface area (Å²) in [5.74, 6) is 0.846. The molecule has 1 fully saturated rings. The number of nitrogens with one attached hydrogen (secondary N) is 2. The van der Waals surface area contributed by atoms with Crippen molar-refractivity contribution >= 4 is 17.3 Å². The molecule has 1 amide bonds. The molecule has 2 N–H and O–H groups in total. The fourth-order valence-corrected chi connectivity index (χ4v) is 2.93. The molecule has 5 heteroatoms. The average molecular weight is 325 g/mol. The monoisotopic (exact) mass is 325 g/mol. The fourth-order valence-electron chi connectivity index (χ4n) is 2.93. The standard InChI is InChI=1S/C19H23N3O2/c1-22(15-11-12-20-13-15)19(23)17-5-3-4-6-18(17)21-14-7-9-16(24-2)10-8-14/h3-10,15,20-21H,11-13H2,1-2H3/t15-/m0/s1. The number of carbonyl (C=O) groups excluding carboxylic acids is 1. The minimum absolute atomic E-state index is 0.0420. The Kier molecular flexibility index (Phi) is 5.01. The lowest BCUT2D eigenvalue weighted by Crippen LogP contribution is -2.38. The third-order valence-electron chi connectivity index (χ3n) is 4.43. The van der Waals surface area contributed by atoms with Gasteiger partial charge in [0.25, 0.3) is 5.91 Å². The van der Waals surface area contributed by atoms with Crippen molar-refractivity contribution in [3.8, 4) is 5.75 Å². The minimum Gasteiger partial charge on any atom is -0.497 e. The zero-order valence-corrected chi connectivity index (χ0v) is 14.1. The summed E-state index contributed by atoms with van der Waals surface area (Å²) in [6.07, 6.45) is 0.996. The van der Waals surface area contributed by atoms with Gasteiger partial charge in [0.15, 0.2) is 0 Å².